The highest BCUT2D eigenvalue weighted by Gasteiger charge is 2.29. The Kier molecular flexibility index (Phi) is 6.69. The topological polar surface area (TPSA) is 135 Å². The molecular formula is C19H15BrN4O5S. The van der Waals surface area contributed by atoms with Crippen LogP contribution in [-0.2, 0) is 9.53 Å². The molecule has 11 heteroatoms. The average molecular weight is 491 g/mol. The zero-order valence-corrected chi connectivity index (χ0v) is 18.1. The molecule has 0 atom stereocenters. The van der Waals surface area contributed by atoms with E-state index in [1.165, 1.54) is 30.0 Å². The quantitative estimate of drug-likeness (QED) is 0.266. The van der Waals surface area contributed by atoms with Crippen molar-refractivity contribution in [1.29, 1.82) is 5.26 Å². The number of pyridine rings is 1. The van der Waals surface area contributed by atoms with Gasteiger partial charge in [0.1, 0.15) is 11.1 Å². The number of carbonyl (C=O) groups excluding carboxylic acids is 2. The van der Waals surface area contributed by atoms with Gasteiger partial charge in [-0.3, -0.25) is 14.9 Å². The average Bonchev–Trinajstić information content (AvgIpc) is 3.57. The van der Waals surface area contributed by atoms with Crippen LogP contribution < -0.4 is 5.32 Å². The van der Waals surface area contributed by atoms with Gasteiger partial charge in [0.05, 0.1) is 21.7 Å². The van der Waals surface area contributed by atoms with E-state index >= 15 is 0 Å². The molecule has 0 radical (unpaired) electrons. The number of hydrogen-bond donors (Lipinski definition) is 1. The van der Waals surface area contributed by atoms with Crippen molar-refractivity contribution in [1.82, 2.24) is 4.98 Å². The summed E-state index contributed by atoms with van der Waals surface area (Å²) in [6, 6.07) is 7.40. The van der Waals surface area contributed by atoms with Crippen LogP contribution >= 0.6 is 27.7 Å². The molecule has 1 heterocycles. The molecule has 0 spiro atoms. The molecule has 30 heavy (non-hydrogen) atoms. The molecule has 3 rings (SSSR count). The van der Waals surface area contributed by atoms with Crippen LogP contribution in [0.2, 0.25) is 0 Å². The summed E-state index contributed by atoms with van der Waals surface area (Å²) in [4.78, 5) is 39.4. The number of aromatic nitrogens is 1. The van der Waals surface area contributed by atoms with Gasteiger partial charge in [0, 0.05) is 28.2 Å². The first-order valence-corrected chi connectivity index (χ1v) is 10.8. The summed E-state index contributed by atoms with van der Waals surface area (Å²) >= 11 is 4.42. The summed E-state index contributed by atoms with van der Waals surface area (Å²) in [5.41, 5.74) is 1.11. The Bertz CT molecular complexity index is 1080. The molecule has 1 saturated carbocycles. The fraction of sp³-hybridized carbons (Fsp3) is 0.263. The number of nitrogens with one attached hydrogen (secondary N) is 1. The van der Waals surface area contributed by atoms with E-state index < -0.39 is 23.4 Å². The van der Waals surface area contributed by atoms with Crippen LogP contribution in [0.3, 0.4) is 0 Å². The Morgan fingerprint density at radius 3 is 2.73 bits per heavy atom. The smallest absolute Gasteiger partial charge is 0.340 e. The number of nitro benzene ring substituents is 1. The molecule has 1 aromatic heterocycles. The Balaban J connectivity index is 1.70. The van der Waals surface area contributed by atoms with Gasteiger partial charge in [0.15, 0.2) is 6.61 Å². The maximum atomic E-state index is 12.6. The van der Waals surface area contributed by atoms with Gasteiger partial charge in [-0.2, -0.15) is 5.26 Å². The zero-order chi connectivity index (χ0) is 21.8. The molecule has 154 valence electrons. The number of nitrogens with zero attached hydrogens (tertiary/aromatic N) is 3. The largest absolute Gasteiger partial charge is 0.452 e. The van der Waals surface area contributed by atoms with Crippen molar-refractivity contribution in [3.05, 3.63) is 55.7 Å². The van der Waals surface area contributed by atoms with E-state index in [1.54, 1.807) is 12.3 Å². The van der Waals surface area contributed by atoms with Crippen molar-refractivity contribution in [3.8, 4) is 6.07 Å². The lowest BCUT2D eigenvalue weighted by atomic mass is 10.1. The van der Waals surface area contributed by atoms with Gasteiger partial charge in [-0.15, -0.1) is 11.8 Å². The molecule has 0 bridgehead atoms. The fourth-order valence-corrected chi connectivity index (χ4v) is 3.68. The van der Waals surface area contributed by atoms with Crippen molar-refractivity contribution in [3.63, 3.8) is 0 Å². The molecule has 0 aliphatic heterocycles. The fourth-order valence-electron chi connectivity index (χ4n) is 2.66. The van der Waals surface area contributed by atoms with Crippen molar-refractivity contribution < 1.29 is 19.2 Å². The summed E-state index contributed by atoms with van der Waals surface area (Å²) in [5.74, 6) is -1.14. The first-order valence-electron chi connectivity index (χ1n) is 8.74. The predicted molar refractivity (Wildman–Crippen MR) is 112 cm³/mol. The van der Waals surface area contributed by atoms with Gasteiger partial charge in [-0.05, 0) is 47.2 Å². The van der Waals surface area contributed by atoms with Gasteiger partial charge < -0.3 is 10.1 Å². The summed E-state index contributed by atoms with van der Waals surface area (Å²) in [6.07, 6.45) is 3.73. The number of carbonyl (C=O) groups is 2. The number of anilines is 1. The molecule has 1 aliphatic carbocycles. The number of benzene rings is 1. The molecule has 0 unspecified atom stereocenters. The number of ether oxygens (including phenoxy) is 1. The van der Waals surface area contributed by atoms with Gasteiger partial charge in [-0.1, -0.05) is 0 Å². The Hall–Kier alpha value is -2.97. The van der Waals surface area contributed by atoms with E-state index in [1.807, 2.05) is 6.07 Å². The van der Waals surface area contributed by atoms with E-state index in [-0.39, 0.29) is 22.7 Å². The van der Waals surface area contributed by atoms with E-state index in [4.69, 9.17) is 4.74 Å². The van der Waals surface area contributed by atoms with Gasteiger partial charge in [-0.25, -0.2) is 9.78 Å². The third kappa shape index (κ3) is 4.95. The lowest BCUT2D eigenvalue weighted by Gasteiger charge is -2.11. The minimum absolute atomic E-state index is 0.0862. The maximum Gasteiger partial charge on any atom is 0.340 e. The van der Waals surface area contributed by atoms with Crippen molar-refractivity contribution in [2.75, 3.05) is 18.2 Å². The SMILES string of the molecule is CSc1nc(C2CC2)cc(C(=O)OCC(=O)Nc2ccc([N+](=O)[O-])cc2Br)c1C#N. The normalized spacial score (nSPS) is 12.7. The minimum Gasteiger partial charge on any atom is -0.452 e. The van der Waals surface area contributed by atoms with Crippen LogP contribution in [-0.4, -0.2) is 34.6 Å². The van der Waals surface area contributed by atoms with E-state index in [0.717, 1.165) is 18.5 Å². The van der Waals surface area contributed by atoms with Crippen molar-refractivity contribution in [2.24, 2.45) is 0 Å². The monoisotopic (exact) mass is 490 g/mol. The third-order valence-electron chi connectivity index (χ3n) is 4.30. The van der Waals surface area contributed by atoms with E-state index in [9.17, 15) is 25.0 Å². The zero-order valence-electron chi connectivity index (χ0n) is 15.7. The number of nitro groups is 1. The minimum atomic E-state index is -0.788. The molecule has 1 aliphatic rings. The standard InChI is InChI=1S/C19H15BrN4O5S/c1-30-18-13(8-21)12(7-16(23-18)10-2-3-10)19(26)29-9-17(25)22-15-5-4-11(24(27)28)6-14(15)20/h4-7,10H,2-3,9H2,1H3,(H,22,25). The van der Waals surface area contributed by atoms with Crippen LogP contribution in [0.5, 0.6) is 0 Å². The summed E-state index contributed by atoms with van der Waals surface area (Å²) in [5, 5.41) is 23.2. The number of halogens is 1. The highest BCUT2D eigenvalue weighted by atomic mass is 79.9. The molecular weight excluding hydrogens is 476 g/mol. The highest BCUT2D eigenvalue weighted by Crippen LogP contribution is 2.40. The van der Waals surface area contributed by atoms with Crippen LogP contribution in [0, 0.1) is 21.4 Å². The van der Waals surface area contributed by atoms with Gasteiger partial charge in [0.25, 0.3) is 11.6 Å². The first kappa shape index (κ1) is 21.7. The Morgan fingerprint density at radius 2 is 2.17 bits per heavy atom. The number of amides is 1. The molecule has 0 saturated heterocycles. The lowest BCUT2D eigenvalue weighted by Crippen LogP contribution is -2.22. The molecule has 1 amide bonds. The van der Waals surface area contributed by atoms with E-state index in [2.05, 4.69) is 26.2 Å². The number of esters is 1. The maximum absolute atomic E-state index is 12.6. The second-order valence-corrected chi connectivity index (χ2v) is 8.06. The van der Waals surface area contributed by atoms with Crippen LogP contribution in [0.15, 0.2) is 33.8 Å². The highest BCUT2D eigenvalue weighted by molar-refractivity contribution is 9.10. The third-order valence-corrected chi connectivity index (χ3v) is 5.64. The molecule has 1 fully saturated rings. The number of thioether (sulfide) groups is 1. The van der Waals surface area contributed by atoms with Gasteiger partial charge >= 0.3 is 5.97 Å². The molecule has 9 nitrogen and oxygen atoms in total. The Morgan fingerprint density at radius 1 is 1.43 bits per heavy atom. The second-order valence-electron chi connectivity index (χ2n) is 6.41. The predicted octanol–water partition coefficient (Wildman–Crippen LogP) is 4.02. The first-order chi connectivity index (χ1) is 14.3. The van der Waals surface area contributed by atoms with Crippen LogP contribution in [0.1, 0.15) is 40.4 Å². The van der Waals surface area contributed by atoms with Crippen LogP contribution in [0.25, 0.3) is 0 Å². The lowest BCUT2D eigenvalue weighted by molar-refractivity contribution is -0.384. The summed E-state index contributed by atoms with van der Waals surface area (Å²) in [7, 11) is 0. The number of nitriles is 1. The van der Waals surface area contributed by atoms with E-state index in [0.29, 0.717) is 15.2 Å². The number of rotatable bonds is 7. The number of hydrogen-bond acceptors (Lipinski definition) is 8. The van der Waals surface area contributed by atoms with Crippen molar-refractivity contribution >= 4 is 50.9 Å². The number of non-ortho nitro benzene ring substituents is 1. The Labute approximate surface area is 184 Å². The second kappa shape index (κ2) is 9.23. The molecule has 2 aromatic rings. The molecule has 1 N–H and O–H groups in total. The van der Waals surface area contributed by atoms with Gasteiger partial charge in [0.2, 0.25) is 0 Å². The summed E-state index contributed by atoms with van der Waals surface area (Å²) in [6.45, 7) is -0.581. The van der Waals surface area contributed by atoms with Crippen LogP contribution in [0.4, 0.5) is 11.4 Å². The molecule has 1 aromatic carbocycles. The summed E-state index contributed by atoms with van der Waals surface area (Å²) < 4.78 is 5.41. The van der Waals surface area contributed by atoms with Crippen molar-refractivity contribution in [2.45, 2.75) is 23.8 Å².